The molecule has 3 rings (SSSR count). The van der Waals surface area contributed by atoms with Crippen LogP contribution in [0, 0.1) is 5.92 Å². The number of para-hydroxylation sites is 1. The smallest absolute Gasteiger partial charge is 0.248 e. The third kappa shape index (κ3) is 4.20. The third-order valence-electron chi connectivity index (χ3n) is 4.19. The largest absolute Gasteiger partial charge is 0.365 e. The second-order valence-corrected chi connectivity index (χ2v) is 8.54. The van der Waals surface area contributed by atoms with Crippen LogP contribution >= 0.6 is 0 Å². The Hall–Kier alpha value is -2.03. The lowest BCUT2D eigenvalue weighted by atomic mass is 10.2. The molecule has 0 aliphatic carbocycles. The summed E-state index contributed by atoms with van der Waals surface area (Å²) in [5.74, 6) is 0.284. The zero-order valence-corrected chi connectivity index (χ0v) is 15.7. The van der Waals surface area contributed by atoms with Crippen LogP contribution in [0.3, 0.4) is 0 Å². The number of sulfonamides is 1. The van der Waals surface area contributed by atoms with E-state index in [2.05, 4.69) is 9.71 Å². The monoisotopic (exact) mass is 377 g/mol. The van der Waals surface area contributed by atoms with Gasteiger partial charge in [0.05, 0.1) is 11.6 Å². The lowest BCUT2D eigenvalue weighted by molar-refractivity contribution is -0.149. The van der Waals surface area contributed by atoms with Gasteiger partial charge in [-0.05, 0) is 18.1 Å². The maximum Gasteiger partial charge on any atom is 0.248 e. The van der Waals surface area contributed by atoms with Crippen molar-refractivity contribution >= 4 is 26.8 Å². The van der Waals surface area contributed by atoms with Gasteiger partial charge in [-0.1, -0.05) is 32.0 Å². The predicted molar refractivity (Wildman–Crippen MR) is 98.1 cm³/mol. The average molecular weight is 377 g/mol. The first kappa shape index (κ1) is 18.8. The summed E-state index contributed by atoms with van der Waals surface area (Å²) in [6.45, 7) is 5.18. The third-order valence-corrected chi connectivity index (χ3v) is 5.65. The van der Waals surface area contributed by atoms with E-state index >= 15 is 0 Å². The molecule has 7 nitrogen and oxygen atoms in total. The van der Waals surface area contributed by atoms with Gasteiger partial charge in [0.2, 0.25) is 15.9 Å². The van der Waals surface area contributed by atoms with Crippen LogP contribution in [0.2, 0.25) is 0 Å². The molecular formula is C18H23N3O4S. The molecule has 1 saturated heterocycles. The Balaban J connectivity index is 1.71. The molecule has 0 spiro atoms. The van der Waals surface area contributed by atoms with E-state index in [9.17, 15) is 13.2 Å². The number of pyridine rings is 1. The Labute approximate surface area is 153 Å². The van der Waals surface area contributed by atoms with Gasteiger partial charge in [0.15, 0.2) is 0 Å². The van der Waals surface area contributed by atoms with Crippen LogP contribution < -0.4 is 4.72 Å². The molecule has 1 fully saturated rings. The summed E-state index contributed by atoms with van der Waals surface area (Å²) in [6.07, 6.45) is 1.20. The fraction of sp³-hybridized carbons (Fsp3) is 0.444. The van der Waals surface area contributed by atoms with Gasteiger partial charge >= 0.3 is 0 Å². The van der Waals surface area contributed by atoms with E-state index in [-0.39, 0.29) is 30.1 Å². The first-order chi connectivity index (χ1) is 12.4. The Bertz CT molecular complexity index is 893. The first-order valence-corrected chi connectivity index (χ1v) is 10.1. The summed E-state index contributed by atoms with van der Waals surface area (Å²) < 4.78 is 33.5. The molecule has 1 aromatic carbocycles. The highest BCUT2D eigenvalue weighted by Gasteiger charge is 2.28. The number of aromatic nitrogens is 1. The van der Waals surface area contributed by atoms with Crippen LogP contribution in [-0.2, 0) is 19.6 Å². The van der Waals surface area contributed by atoms with Crippen molar-refractivity contribution in [3.8, 4) is 0 Å². The summed E-state index contributed by atoms with van der Waals surface area (Å²) in [5.41, 5.74) is 0.434. The molecule has 2 heterocycles. The van der Waals surface area contributed by atoms with Crippen molar-refractivity contribution < 1.29 is 17.9 Å². The quantitative estimate of drug-likeness (QED) is 0.822. The van der Waals surface area contributed by atoms with Crippen molar-refractivity contribution in [3.05, 3.63) is 36.5 Å². The second kappa shape index (κ2) is 7.69. The molecular weight excluding hydrogens is 354 g/mol. The summed E-state index contributed by atoms with van der Waals surface area (Å²) in [4.78, 5) is 18.0. The Morgan fingerprint density at radius 1 is 1.31 bits per heavy atom. The van der Waals surface area contributed by atoms with Crippen molar-refractivity contribution in [2.24, 2.45) is 5.92 Å². The number of amides is 1. The molecule has 8 heteroatoms. The number of hydrogen-bond acceptors (Lipinski definition) is 5. The normalized spacial score (nSPS) is 18.7. The van der Waals surface area contributed by atoms with Gasteiger partial charge in [0.25, 0.3) is 0 Å². The average Bonchev–Trinajstić information content (AvgIpc) is 2.61. The summed E-state index contributed by atoms with van der Waals surface area (Å²) >= 11 is 0. The van der Waals surface area contributed by atoms with Gasteiger partial charge in [-0.3, -0.25) is 9.78 Å². The zero-order chi connectivity index (χ0) is 18.7. The second-order valence-electron chi connectivity index (χ2n) is 6.81. The minimum atomic E-state index is -3.74. The van der Waals surface area contributed by atoms with Crippen LogP contribution in [0.1, 0.15) is 13.8 Å². The number of ether oxygens (including phenoxy) is 1. The lowest BCUT2D eigenvalue weighted by Gasteiger charge is -2.33. The topological polar surface area (TPSA) is 88.6 Å². The SMILES string of the molecule is CC(C)CN1CC(CNS(=O)(=O)c2cccc3cccnc23)OCC1=O. The number of rotatable bonds is 6. The highest BCUT2D eigenvalue weighted by Crippen LogP contribution is 2.20. The molecule has 140 valence electrons. The number of nitrogens with one attached hydrogen (secondary N) is 1. The van der Waals surface area contributed by atoms with Gasteiger partial charge in [0, 0.05) is 31.2 Å². The molecule has 1 atom stereocenters. The van der Waals surface area contributed by atoms with Crippen LogP contribution in [0.15, 0.2) is 41.4 Å². The fourth-order valence-electron chi connectivity index (χ4n) is 2.99. The standard InChI is InChI=1S/C18H23N3O4S/c1-13(2)10-21-11-15(25-12-17(21)22)9-20-26(23,24)16-7-3-5-14-6-4-8-19-18(14)16/h3-8,13,15,20H,9-12H2,1-2H3. The molecule has 1 N–H and O–H groups in total. The molecule has 1 unspecified atom stereocenters. The zero-order valence-electron chi connectivity index (χ0n) is 14.9. The van der Waals surface area contributed by atoms with E-state index in [4.69, 9.17) is 4.74 Å². The molecule has 1 aliphatic rings. The number of nitrogens with zero attached hydrogens (tertiary/aromatic N) is 2. The van der Waals surface area contributed by atoms with Crippen molar-refractivity contribution in [1.29, 1.82) is 0 Å². The van der Waals surface area contributed by atoms with Crippen LogP contribution in [0.25, 0.3) is 10.9 Å². The van der Waals surface area contributed by atoms with Gasteiger partial charge < -0.3 is 9.64 Å². The van der Waals surface area contributed by atoms with Crippen molar-refractivity contribution in [3.63, 3.8) is 0 Å². The predicted octanol–water partition coefficient (Wildman–Crippen LogP) is 1.40. The van der Waals surface area contributed by atoms with Crippen molar-refractivity contribution in [2.45, 2.75) is 24.8 Å². The summed E-state index contributed by atoms with van der Waals surface area (Å²) in [7, 11) is -3.74. The van der Waals surface area contributed by atoms with Crippen molar-refractivity contribution in [2.75, 3.05) is 26.2 Å². The van der Waals surface area contributed by atoms with E-state index in [0.717, 1.165) is 5.39 Å². The van der Waals surface area contributed by atoms with E-state index in [1.165, 1.54) is 6.07 Å². The van der Waals surface area contributed by atoms with Crippen LogP contribution in [0.5, 0.6) is 0 Å². The van der Waals surface area contributed by atoms with E-state index in [0.29, 0.717) is 24.5 Å². The maximum absolute atomic E-state index is 12.7. The number of morpholine rings is 1. The highest BCUT2D eigenvalue weighted by atomic mass is 32.2. The number of carbonyl (C=O) groups excluding carboxylic acids is 1. The molecule has 0 bridgehead atoms. The molecule has 1 amide bonds. The minimum Gasteiger partial charge on any atom is -0.365 e. The van der Waals surface area contributed by atoms with Gasteiger partial charge in [-0.15, -0.1) is 0 Å². The lowest BCUT2D eigenvalue weighted by Crippen LogP contribution is -2.51. The molecule has 2 aromatic rings. The number of benzene rings is 1. The molecule has 0 saturated carbocycles. The Morgan fingerprint density at radius 2 is 2.08 bits per heavy atom. The number of carbonyl (C=O) groups is 1. The molecule has 1 aliphatic heterocycles. The number of fused-ring (bicyclic) bond motifs is 1. The fourth-order valence-corrected chi connectivity index (χ4v) is 4.24. The van der Waals surface area contributed by atoms with E-state index in [1.54, 1.807) is 23.2 Å². The maximum atomic E-state index is 12.7. The molecule has 0 radical (unpaired) electrons. The molecule has 26 heavy (non-hydrogen) atoms. The Morgan fingerprint density at radius 3 is 2.85 bits per heavy atom. The first-order valence-electron chi connectivity index (χ1n) is 8.59. The minimum absolute atomic E-state index is 0.0189. The van der Waals surface area contributed by atoms with Gasteiger partial charge in [-0.25, -0.2) is 13.1 Å². The van der Waals surface area contributed by atoms with E-state index in [1.807, 2.05) is 26.0 Å². The molecule has 1 aromatic heterocycles. The van der Waals surface area contributed by atoms with Gasteiger partial charge in [-0.2, -0.15) is 0 Å². The van der Waals surface area contributed by atoms with Crippen molar-refractivity contribution in [1.82, 2.24) is 14.6 Å². The summed E-state index contributed by atoms with van der Waals surface area (Å²) in [6, 6.07) is 8.64. The Kier molecular flexibility index (Phi) is 5.55. The van der Waals surface area contributed by atoms with Crippen LogP contribution in [-0.4, -0.2) is 56.6 Å². The van der Waals surface area contributed by atoms with Crippen LogP contribution in [0.4, 0.5) is 0 Å². The number of hydrogen-bond donors (Lipinski definition) is 1. The van der Waals surface area contributed by atoms with E-state index < -0.39 is 10.0 Å². The summed E-state index contributed by atoms with van der Waals surface area (Å²) in [5, 5.41) is 0.762. The highest BCUT2D eigenvalue weighted by molar-refractivity contribution is 7.89. The van der Waals surface area contributed by atoms with Gasteiger partial charge in [0.1, 0.15) is 11.5 Å².